The largest absolute Gasteiger partial charge is 0.514 e. The first-order valence-corrected chi connectivity index (χ1v) is 6.76. The Balaban J connectivity index is 2.04. The predicted octanol–water partition coefficient (Wildman–Crippen LogP) is 1.83. The Morgan fingerprint density at radius 2 is 2.05 bits per heavy atom. The zero-order valence-electron chi connectivity index (χ0n) is 11.8. The minimum absolute atomic E-state index is 0.174. The van der Waals surface area contributed by atoms with E-state index in [1.807, 2.05) is 37.3 Å². The van der Waals surface area contributed by atoms with E-state index in [1.165, 1.54) is 0 Å². The standard InChI is InChI=1S/C14H13N5O3/c1-9-7-11(10-5-3-2-4-6-10)13(12(20)8-9)18-16-14(15-17-18)19(21)22/h2-6,8,11,13H,7H2,1H3/t11-,13-/m1/s1. The molecule has 0 saturated heterocycles. The highest BCUT2D eigenvalue weighted by atomic mass is 16.6. The third kappa shape index (κ3) is 2.50. The molecule has 0 unspecified atom stereocenters. The summed E-state index contributed by atoms with van der Waals surface area (Å²) in [6.07, 6.45) is 2.20. The van der Waals surface area contributed by atoms with Crippen LogP contribution in [-0.4, -0.2) is 30.9 Å². The lowest BCUT2D eigenvalue weighted by Crippen LogP contribution is -2.30. The van der Waals surface area contributed by atoms with Crippen molar-refractivity contribution in [2.75, 3.05) is 0 Å². The second kappa shape index (κ2) is 5.47. The van der Waals surface area contributed by atoms with E-state index in [2.05, 4.69) is 15.4 Å². The summed E-state index contributed by atoms with van der Waals surface area (Å²) < 4.78 is 0. The number of nitro groups is 1. The summed E-state index contributed by atoms with van der Waals surface area (Å²) in [4.78, 5) is 23.4. The van der Waals surface area contributed by atoms with Crippen molar-refractivity contribution in [3.05, 3.63) is 57.7 Å². The molecule has 2 aromatic rings. The summed E-state index contributed by atoms with van der Waals surface area (Å²) in [5, 5.41) is 21.5. The van der Waals surface area contributed by atoms with Crippen molar-refractivity contribution in [1.29, 1.82) is 0 Å². The highest BCUT2D eigenvalue weighted by Crippen LogP contribution is 2.38. The molecule has 0 bridgehead atoms. The second-order valence-electron chi connectivity index (χ2n) is 5.23. The molecule has 8 nitrogen and oxygen atoms in total. The van der Waals surface area contributed by atoms with Gasteiger partial charge in [0.05, 0.1) is 10.2 Å². The van der Waals surface area contributed by atoms with E-state index in [-0.39, 0.29) is 11.7 Å². The normalized spacial score (nSPS) is 21.5. The van der Waals surface area contributed by atoms with Crippen molar-refractivity contribution in [3.63, 3.8) is 0 Å². The molecule has 1 aromatic heterocycles. The Morgan fingerprint density at radius 3 is 2.68 bits per heavy atom. The number of hydrogen-bond donors (Lipinski definition) is 0. The number of ketones is 1. The molecular formula is C14H13N5O3. The Morgan fingerprint density at radius 1 is 1.32 bits per heavy atom. The molecular weight excluding hydrogens is 286 g/mol. The van der Waals surface area contributed by atoms with Crippen LogP contribution in [0.5, 0.6) is 0 Å². The summed E-state index contributed by atoms with van der Waals surface area (Å²) in [5.74, 6) is -0.955. The number of hydrogen-bond acceptors (Lipinski definition) is 6. The maximum atomic E-state index is 12.4. The van der Waals surface area contributed by atoms with Gasteiger partial charge in [0, 0.05) is 11.1 Å². The summed E-state index contributed by atoms with van der Waals surface area (Å²) in [6.45, 7) is 1.89. The Bertz CT molecular complexity index is 753. The van der Waals surface area contributed by atoms with Gasteiger partial charge in [-0.3, -0.25) is 4.79 Å². The van der Waals surface area contributed by atoms with Crippen LogP contribution in [-0.2, 0) is 4.79 Å². The molecule has 0 fully saturated rings. The number of carbonyl (C=O) groups excluding carboxylic acids is 1. The van der Waals surface area contributed by atoms with Crippen molar-refractivity contribution >= 4 is 11.7 Å². The van der Waals surface area contributed by atoms with Crippen molar-refractivity contribution in [1.82, 2.24) is 20.2 Å². The fourth-order valence-electron chi connectivity index (χ4n) is 2.73. The van der Waals surface area contributed by atoms with Crippen LogP contribution in [0, 0.1) is 10.1 Å². The highest BCUT2D eigenvalue weighted by molar-refractivity contribution is 5.95. The van der Waals surface area contributed by atoms with E-state index in [4.69, 9.17) is 0 Å². The van der Waals surface area contributed by atoms with Gasteiger partial charge < -0.3 is 10.1 Å². The number of nitrogens with zero attached hydrogens (tertiary/aromatic N) is 5. The van der Waals surface area contributed by atoms with Gasteiger partial charge in [0.25, 0.3) is 0 Å². The van der Waals surface area contributed by atoms with Gasteiger partial charge in [-0.2, -0.15) is 0 Å². The number of aromatic nitrogens is 4. The third-order valence-electron chi connectivity index (χ3n) is 3.66. The van der Waals surface area contributed by atoms with Crippen molar-refractivity contribution < 1.29 is 9.72 Å². The molecule has 112 valence electrons. The highest BCUT2D eigenvalue weighted by Gasteiger charge is 2.38. The van der Waals surface area contributed by atoms with E-state index in [0.717, 1.165) is 15.9 Å². The number of rotatable bonds is 3. The molecule has 1 aromatic carbocycles. The molecule has 22 heavy (non-hydrogen) atoms. The number of carbonyl (C=O) groups is 1. The smallest absolute Gasteiger partial charge is 0.390 e. The molecule has 1 heterocycles. The maximum absolute atomic E-state index is 12.4. The topological polar surface area (TPSA) is 104 Å². The third-order valence-corrected chi connectivity index (χ3v) is 3.66. The molecule has 0 radical (unpaired) electrons. The van der Waals surface area contributed by atoms with E-state index in [0.29, 0.717) is 6.42 Å². The molecule has 0 N–H and O–H groups in total. The molecule has 0 aliphatic heterocycles. The van der Waals surface area contributed by atoms with Crippen LogP contribution in [0.1, 0.15) is 30.9 Å². The van der Waals surface area contributed by atoms with E-state index in [1.54, 1.807) is 6.08 Å². The van der Waals surface area contributed by atoms with Crippen molar-refractivity contribution in [2.24, 2.45) is 0 Å². The van der Waals surface area contributed by atoms with E-state index >= 15 is 0 Å². The van der Waals surface area contributed by atoms with Gasteiger partial charge in [-0.05, 0) is 29.9 Å². The maximum Gasteiger partial charge on any atom is 0.514 e. The average molecular weight is 299 g/mol. The van der Waals surface area contributed by atoms with Crippen LogP contribution in [0.4, 0.5) is 5.95 Å². The second-order valence-corrected chi connectivity index (χ2v) is 5.23. The molecule has 3 rings (SSSR count). The lowest BCUT2D eigenvalue weighted by Gasteiger charge is -2.27. The zero-order valence-corrected chi connectivity index (χ0v) is 11.8. The first-order valence-electron chi connectivity index (χ1n) is 6.76. The van der Waals surface area contributed by atoms with Gasteiger partial charge in [0.1, 0.15) is 0 Å². The fraction of sp³-hybridized carbons (Fsp3) is 0.286. The SMILES string of the molecule is CC1=CC(=O)[C@H](n2nnc([N+](=O)[O-])n2)[C@@H](c2ccccc2)C1. The lowest BCUT2D eigenvalue weighted by atomic mass is 9.80. The van der Waals surface area contributed by atoms with Crippen LogP contribution in [0.15, 0.2) is 42.0 Å². The van der Waals surface area contributed by atoms with Crippen LogP contribution >= 0.6 is 0 Å². The van der Waals surface area contributed by atoms with Gasteiger partial charge in [0.15, 0.2) is 11.8 Å². The fourth-order valence-corrected chi connectivity index (χ4v) is 2.73. The summed E-state index contributed by atoms with van der Waals surface area (Å²) in [5.41, 5.74) is 1.93. The number of benzene rings is 1. The first-order chi connectivity index (χ1) is 10.6. The summed E-state index contributed by atoms with van der Waals surface area (Å²) >= 11 is 0. The summed E-state index contributed by atoms with van der Waals surface area (Å²) in [7, 11) is 0. The van der Waals surface area contributed by atoms with Gasteiger partial charge in [-0.1, -0.05) is 40.7 Å². The van der Waals surface area contributed by atoms with Crippen molar-refractivity contribution in [2.45, 2.75) is 25.3 Å². The van der Waals surface area contributed by atoms with Crippen molar-refractivity contribution in [3.8, 4) is 0 Å². The number of allylic oxidation sites excluding steroid dienone is 2. The van der Waals surface area contributed by atoms with Crippen LogP contribution in [0.25, 0.3) is 0 Å². The first kappa shape index (κ1) is 14.1. The van der Waals surface area contributed by atoms with Crippen LogP contribution in [0.2, 0.25) is 0 Å². The minimum atomic E-state index is -0.727. The lowest BCUT2D eigenvalue weighted by molar-refractivity contribution is -0.394. The summed E-state index contributed by atoms with van der Waals surface area (Å²) in [6, 6.07) is 8.81. The number of tetrazole rings is 1. The van der Waals surface area contributed by atoms with Gasteiger partial charge in [0.2, 0.25) is 0 Å². The molecule has 0 amide bonds. The van der Waals surface area contributed by atoms with Crippen LogP contribution in [0.3, 0.4) is 0 Å². The Hall–Kier alpha value is -2.90. The van der Waals surface area contributed by atoms with Gasteiger partial charge in [-0.25, -0.2) is 0 Å². The molecule has 0 saturated carbocycles. The van der Waals surface area contributed by atoms with E-state index < -0.39 is 16.9 Å². The Kier molecular flexibility index (Phi) is 3.50. The molecule has 2 atom stereocenters. The molecule has 1 aliphatic rings. The van der Waals surface area contributed by atoms with E-state index in [9.17, 15) is 14.9 Å². The van der Waals surface area contributed by atoms with Gasteiger partial charge in [-0.15, -0.1) is 0 Å². The quantitative estimate of drug-likeness (QED) is 0.632. The Labute approximate surface area is 125 Å². The monoisotopic (exact) mass is 299 g/mol. The molecule has 1 aliphatic carbocycles. The van der Waals surface area contributed by atoms with Gasteiger partial charge >= 0.3 is 5.95 Å². The van der Waals surface area contributed by atoms with Crippen LogP contribution < -0.4 is 0 Å². The average Bonchev–Trinajstić information content (AvgIpc) is 2.97. The minimum Gasteiger partial charge on any atom is -0.390 e. The zero-order chi connectivity index (χ0) is 15.7. The molecule has 8 heteroatoms. The molecule has 0 spiro atoms. The predicted molar refractivity (Wildman–Crippen MR) is 76.1 cm³/mol.